The molecule has 0 aliphatic carbocycles. The van der Waals surface area contributed by atoms with Crippen LogP contribution in [-0.2, 0) is 0 Å². The van der Waals surface area contributed by atoms with Crippen LogP contribution in [0.3, 0.4) is 0 Å². The fourth-order valence-corrected chi connectivity index (χ4v) is 2.24. The van der Waals surface area contributed by atoms with E-state index in [-0.39, 0.29) is 0 Å². The molecular formula is C7H14N+. The maximum atomic E-state index is 1.91. The molecule has 0 radical (unpaired) electrons. The SMILES string of the molecule is C1CC2CCC[NH+]2C1. The summed E-state index contributed by atoms with van der Waals surface area (Å²) in [5, 5.41) is 0. The molecule has 2 aliphatic rings. The summed E-state index contributed by atoms with van der Waals surface area (Å²) >= 11 is 0. The van der Waals surface area contributed by atoms with Gasteiger partial charge in [-0.1, -0.05) is 0 Å². The third-order valence-electron chi connectivity index (χ3n) is 2.68. The van der Waals surface area contributed by atoms with Crippen molar-refractivity contribution in [1.82, 2.24) is 0 Å². The fraction of sp³-hybridized carbons (Fsp3) is 1.00. The summed E-state index contributed by atoms with van der Waals surface area (Å²) in [4.78, 5) is 1.91. The van der Waals surface area contributed by atoms with Gasteiger partial charge in [0, 0.05) is 25.7 Å². The quantitative estimate of drug-likeness (QED) is 0.443. The summed E-state index contributed by atoms with van der Waals surface area (Å²) in [7, 11) is 0. The van der Waals surface area contributed by atoms with Crippen molar-refractivity contribution < 1.29 is 4.90 Å². The van der Waals surface area contributed by atoms with E-state index in [9.17, 15) is 0 Å². The van der Waals surface area contributed by atoms with Gasteiger partial charge >= 0.3 is 0 Å². The number of quaternary nitrogens is 1. The monoisotopic (exact) mass is 112 g/mol. The third-order valence-corrected chi connectivity index (χ3v) is 2.68. The average Bonchev–Trinajstić information content (AvgIpc) is 2.15. The van der Waals surface area contributed by atoms with E-state index in [1.165, 1.54) is 38.8 Å². The Morgan fingerprint density at radius 1 is 1.00 bits per heavy atom. The first-order valence-electron chi connectivity index (χ1n) is 3.81. The van der Waals surface area contributed by atoms with Gasteiger partial charge in [-0.15, -0.1) is 0 Å². The number of hydrogen-bond donors (Lipinski definition) is 1. The van der Waals surface area contributed by atoms with Crippen molar-refractivity contribution in [1.29, 1.82) is 0 Å². The molecule has 2 saturated heterocycles. The molecule has 0 aromatic rings. The Hall–Kier alpha value is -0.0400. The summed E-state index contributed by atoms with van der Waals surface area (Å²) < 4.78 is 0. The van der Waals surface area contributed by atoms with E-state index in [0.717, 1.165) is 6.04 Å². The topological polar surface area (TPSA) is 4.44 Å². The van der Waals surface area contributed by atoms with Crippen LogP contribution in [0.1, 0.15) is 25.7 Å². The molecule has 1 N–H and O–H groups in total. The van der Waals surface area contributed by atoms with Crippen LogP contribution in [0.25, 0.3) is 0 Å². The van der Waals surface area contributed by atoms with Crippen molar-refractivity contribution in [3.63, 3.8) is 0 Å². The molecule has 2 fully saturated rings. The molecule has 0 atom stereocenters. The molecule has 0 bridgehead atoms. The van der Waals surface area contributed by atoms with Crippen LogP contribution in [0.15, 0.2) is 0 Å². The highest BCUT2D eigenvalue weighted by Crippen LogP contribution is 2.10. The Kier molecular flexibility index (Phi) is 1.04. The number of hydrogen-bond acceptors (Lipinski definition) is 0. The minimum Gasteiger partial charge on any atom is -0.332 e. The summed E-state index contributed by atoms with van der Waals surface area (Å²) in [6.07, 6.45) is 6.05. The molecule has 2 heterocycles. The zero-order valence-electron chi connectivity index (χ0n) is 5.32. The largest absolute Gasteiger partial charge is 0.332 e. The van der Waals surface area contributed by atoms with Crippen molar-refractivity contribution >= 4 is 0 Å². The minimum atomic E-state index is 1.09. The van der Waals surface area contributed by atoms with Crippen LogP contribution in [0.5, 0.6) is 0 Å². The Morgan fingerprint density at radius 3 is 2.12 bits per heavy atom. The fourth-order valence-electron chi connectivity index (χ4n) is 2.24. The zero-order valence-corrected chi connectivity index (χ0v) is 5.32. The van der Waals surface area contributed by atoms with E-state index >= 15 is 0 Å². The van der Waals surface area contributed by atoms with E-state index < -0.39 is 0 Å². The Morgan fingerprint density at radius 2 is 1.62 bits per heavy atom. The third kappa shape index (κ3) is 0.576. The van der Waals surface area contributed by atoms with Gasteiger partial charge in [0.05, 0.1) is 19.1 Å². The normalized spacial score (nSPS) is 45.0. The molecule has 1 heteroatoms. The predicted octanol–water partition coefficient (Wildman–Crippen LogP) is -0.173. The van der Waals surface area contributed by atoms with E-state index in [0.29, 0.717) is 0 Å². The molecule has 0 saturated carbocycles. The van der Waals surface area contributed by atoms with Gasteiger partial charge in [0.25, 0.3) is 0 Å². The number of rotatable bonds is 0. The molecule has 0 spiro atoms. The van der Waals surface area contributed by atoms with Gasteiger partial charge in [-0.25, -0.2) is 0 Å². The first-order chi connectivity index (χ1) is 3.97. The van der Waals surface area contributed by atoms with Gasteiger partial charge in [-0.05, 0) is 0 Å². The molecule has 0 aromatic carbocycles. The van der Waals surface area contributed by atoms with Crippen molar-refractivity contribution in [3.05, 3.63) is 0 Å². The number of fused-ring (bicyclic) bond motifs is 1. The highest BCUT2D eigenvalue weighted by molar-refractivity contribution is 4.67. The standard InChI is InChI=1S/C7H13N/c1-3-7-4-2-6-8(7)5-1/h7H,1-6H2/p+1. The maximum Gasteiger partial charge on any atom is 0.0879 e. The minimum absolute atomic E-state index is 1.09. The van der Waals surface area contributed by atoms with E-state index in [1.54, 1.807) is 0 Å². The highest BCUT2D eigenvalue weighted by Gasteiger charge is 2.32. The summed E-state index contributed by atoms with van der Waals surface area (Å²) in [5.74, 6) is 0. The average molecular weight is 112 g/mol. The van der Waals surface area contributed by atoms with Gasteiger partial charge < -0.3 is 4.90 Å². The second-order valence-corrected chi connectivity index (χ2v) is 3.14. The lowest BCUT2D eigenvalue weighted by Gasteiger charge is -2.09. The van der Waals surface area contributed by atoms with Crippen molar-refractivity contribution in [2.75, 3.05) is 13.1 Å². The molecule has 46 valence electrons. The first kappa shape index (κ1) is 4.80. The van der Waals surface area contributed by atoms with Crippen LogP contribution in [-0.4, -0.2) is 19.1 Å². The van der Waals surface area contributed by atoms with Gasteiger partial charge in [0.1, 0.15) is 0 Å². The van der Waals surface area contributed by atoms with E-state index in [2.05, 4.69) is 0 Å². The molecule has 2 aliphatic heterocycles. The summed E-state index contributed by atoms with van der Waals surface area (Å²) in [5.41, 5.74) is 0. The molecule has 8 heavy (non-hydrogen) atoms. The van der Waals surface area contributed by atoms with Gasteiger partial charge in [-0.2, -0.15) is 0 Å². The molecule has 0 aromatic heterocycles. The van der Waals surface area contributed by atoms with Crippen LogP contribution in [0, 0.1) is 0 Å². The van der Waals surface area contributed by atoms with Crippen LogP contribution < -0.4 is 4.90 Å². The van der Waals surface area contributed by atoms with E-state index in [4.69, 9.17) is 0 Å². The summed E-state index contributed by atoms with van der Waals surface area (Å²) in [6.45, 7) is 2.95. The van der Waals surface area contributed by atoms with Gasteiger partial charge in [-0.3, -0.25) is 0 Å². The lowest BCUT2D eigenvalue weighted by atomic mass is 10.2. The second-order valence-electron chi connectivity index (χ2n) is 3.14. The molecule has 0 amide bonds. The predicted molar refractivity (Wildman–Crippen MR) is 33.0 cm³/mol. The van der Waals surface area contributed by atoms with Crippen LogP contribution >= 0.6 is 0 Å². The van der Waals surface area contributed by atoms with Crippen LogP contribution in [0.4, 0.5) is 0 Å². The van der Waals surface area contributed by atoms with Gasteiger partial charge in [0.15, 0.2) is 0 Å². The van der Waals surface area contributed by atoms with Gasteiger partial charge in [0.2, 0.25) is 0 Å². The Labute approximate surface area is 50.7 Å². The molecule has 0 unspecified atom stereocenters. The second kappa shape index (κ2) is 1.73. The van der Waals surface area contributed by atoms with Crippen LogP contribution in [0.2, 0.25) is 0 Å². The molecule has 2 rings (SSSR count). The molecule has 1 nitrogen and oxygen atoms in total. The van der Waals surface area contributed by atoms with E-state index in [1.807, 2.05) is 4.90 Å². The van der Waals surface area contributed by atoms with Crippen molar-refractivity contribution in [2.24, 2.45) is 0 Å². The number of nitrogens with one attached hydrogen (secondary N) is 1. The van der Waals surface area contributed by atoms with Crippen molar-refractivity contribution in [3.8, 4) is 0 Å². The zero-order chi connectivity index (χ0) is 5.40. The lowest BCUT2D eigenvalue weighted by Crippen LogP contribution is -3.11. The Balaban J connectivity index is 2.04. The highest BCUT2D eigenvalue weighted by atomic mass is 15.2. The Bertz CT molecular complexity index is 70.4. The summed E-state index contributed by atoms with van der Waals surface area (Å²) in [6, 6.07) is 1.09. The first-order valence-corrected chi connectivity index (χ1v) is 3.81. The molecular weight excluding hydrogens is 98.1 g/mol. The lowest BCUT2D eigenvalue weighted by molar-refractivity contribution is -0.898. The smallest absolute Gasteiger partial charge is 0.0879 e. The van der Waals surface area contributed by atoms with Crippen molar-refractivity contribution in [2.45, 2.75) is 31.7 Å². The maximum absolute atomic E-state index is 1.91.